The van der Waals surface area contributed by atoms with Crippen molar-refractivity contribution in [2.45, 2.75) is 70.0 Å². The van der Waals surface area contributed by atoms with Crippen LogP contribution in [0.25, 0.3) is 0 Å². The first-order valence-corrected chi connectivity index (χ1v) is 13.1. The number of carbonyl (C=O) groups is 2. The Hall–Kier alpha value is -1.64. The Bertz CT molecular complexity index is 898. The molecule has 172 valence electrons. The first-order valence-electron chi connectivity index (χ1n) is 10.9. The maximum Gasteiger partial charge on any atom is 0.247 e. The maximum atomic E-state index is 13.5. The van der Waals surface area contributed by atoms with Crippen LogP contribution >= 0.6 is 11.6 Å². The van der Waals surface area contributed by atoms with Crippen LogP contribution in [0.15, 0.2) is 24.3 Å². The van der Waals surface area contributed by atoms with Crippen molar-refractivity contribution < 1.29 is 18.0 Å². The molecule has 0 spiro atoms. The summed E-state index contributed by atoms with van der Waals surface area (Å²) in [6.45, 7) is 1.54. The van der Waals surface area contributed by atoms with E-state index in [1.165, 1.54) is 11.3 Å². The van der Waals surface area contributed by atoms with Crippen LogP contribution in [-0.2, 0) is 26.2 Å². The van der Waals surface area contributed by atoms with Crippen LogP contribution in [0, 0.1) is 0 Å². The van der Waals surface area contributed by atoms with Crippen LogP contribution in [0.2, 0.25) is 5.02 Å². The summed E-state index contributed by atoms with van der Waals surface area (Å²) in [7, 11) is -3.62. The lowest BCUT2D eigenvalue weighted by Crippen LogP contribution is -2.69. The van der Waals surface area contributed by atoms with E-state index in [-0.39, 0.29) is 37.5 Å². The molecule has 1 aliphatic heterocycles. The van der Waals surface area contributed by atoms with Crippen LogP contribution in [0.4, 0.5) is 0 Å². The fourth-order valence-electron chi connectivity index (χ4n) is 4.40. The SMILES string of the molecule is CC1(C(=O)NC2CCCCCCC2)CN(S(C)(=O)=O)CC(=O)N1Cc1ccc(Cl)cc1. The minimum Gasteiger partial charge on any atom is -0.351 e. The van der Waals surface area contributed by atoms with Gasteiger partial charge in [0.1, 0.15) is 5.54 Å². The molecule has 2 fully saturated rings. The Balaban J connectivity index is 1.86. The van der Waals surface area contributed by atoms with E-state index in [1.807, 2.05) is 12.1 Å². The summed E-state index contributed by atoms with van der Waals surface area (Å²) in [6.07, 6.45) is 8.55. The van der Waals surface area contributed by atoms with E-state index in [9.17, 15) is 18.0 Å². The fraction of sp³-hybridized carbons (Fsp3) is 0.636. The molecule has 3 rings (SSSR count). The zero-order chi connectivity index (χ0) is 22.6. The Morgan fingerprint density at radius 2 is 1.71 bits per heavy atom. The van der Waals surface area contributed by atoms with Gasteiger partial charge in [-0.25, -0.2) is 8.42 Å². The molecule has 1 aromatic rings. The molecule has 1 aromatic carbocycles. The van der Waals surface area contributed by atoms with Gasteiger partial charge < -0.3 is 10.2 Å². The smallest absolute Gasteiger partial charge is 0.247 e. The molecule has 0 bridgehead atoms. The van der Waals surface area contributed by atoms with Gasteiger partial charge >= 0.3 is 0 Å². The van der Waals surface area contributed by atoms with Crippen molar-refractivity contribution in [1.29, 1.82) is 0 Å². The predicted octanol–water partition coefficient (Wildman–Crippen LogP) is 2.93. The number of amides is 2. The quantitative estimate of drug-likeness (QED) is 0.718. The number of piperazine rings is 1. The third-order valence-corrected chi connectivity index (χ3v) is 7.79. The van der Waals surface area contributed by atoms with Crippen molar-refractivity contribution in [1.82, 2.24) is 14.5 Å². The minimum atomic E-state index is -3.62. The maximum absolute atomic E-state index is 13.5. The van der Waals surface area contributed by atoms with E-state index in [0.29, 0.717) is 5.02 Å². The van der Waals surface area contributed by atoms with Crippen LogP contribution < -0.4 is 5.32 Å². The van der Waals surface area contributed by atoms with Crippen LogP contribution in [0.5, 0.6) is 0 Å². The summed E-state index contributed by atoms with van der Waals surface area (Å²) >= 11 is 5.97. The molecule has 2 amide bonds. The summed E-state index contributed by atoms with van der Waals surface area (Å²) in [5, 5.41) is 3.72. The highest BCUT2D eigenvalue weighted by molar-refractivity contribution is 7.88. The van der Waals surface area contributed by atoms with E-state index in [0.717, 1.165) is 54.6 Å². The molecule has 9 heteroatoms. The van der Waals surface area contributed by atoms with Crippen molar-refractivity contribution in [3.8, 4) is 0 Å². The largest absolute Gasteiger partial charge is 0.351 e. The number of nitrogens with one attached hydrogen (secondary N) is 1. The number of nitrogens with zero attached hydrogens (tertiary/aromatic N) is 2. The van der Waals surface area contributed by atoms with E-state index in [1.54, 1.807) is 19.1 Å². The zero-order valence-corrected chi connectivity index (χ0v) is 19.8. The first kappa shape index (κ1) is 24.0. The van der Waals surface area contributed by atoms with Gasteiger partial charge in [0.05, 0.1) is 12.8 Å². The molecule has 7 nitrogen and oxygen atoms in total. The second kappa shape index (κ2) is 9.88. The van der Waals surface area contributed by atoms with Gasteiger partial charge in [0.2, 0.25) is 21.8 Å². The molecule has 1 unspecified atom stereocenters. The first-order chi connectivity index (χ1) is 14.6. The second-order valence-corrected chi connectivity index (χ2v) is 11.3. The monoisotopic (exact) mass is 469 g/mol. The molecule has 2 aliphatic rings. The molecular formula is C22H32ClN3O4S. The third-order valence-electron chi connectivity index (χ3n) is 6.35. The minimum absolute atomic E-state index is 0.0470. The van der Waals surface area contributed by atoms with Crippen molar-refractivity contribution in [2.75, 3.05) is 19.3 Å². The summed E-state index contributed by atoms with van der Waals surface area (Å²) in [5.74, 6) is -0.685. The standard InChI is InChI=1S/C22H32ClN3O4S/c1-22(21(28)24-19-8-6-4-3-5-7-9-19)16-25(31(2,29)30)15-20(27)26(22)14-17-10-12-18(23)13-11-17/h10-13,19H,3-9,14-16H2,1-2H3,(H,24,28). The Morgan fingerprint density at radius 1 is 1.13 bits per heavy atom. The topological polar surface area (TPSA) is 86.8 Å². The van der Waals surface area contributed by atoms with Crippen LogP contribution in [0.3, 0.4) is 0 Å². The molecule has 1 aliphatic carbocycles. The molecular weight excluding hydrogens is 438 g/mol. The number of hydrogen-bond acceptors (Lipinski definition) is 4. The van der Waals surface area contributed by atoms with Crippen molar-refractivity contribution in [3.63, 3.8) is 0 Å². The molecule has 1 atom stereocenters. The second-order valence-electron chi connectivity index (χ2n) is 8.93. The summed E-state index contributed by atoms with van der Waals surface area (Å²) < 4.78 is 25.6. The average Bonchev–Trinajstić information content (AvgIpc) is 2.67. The van der Waals surface area contributed by atoms with Gasteiger partial charge in [-0.1, -0.05) is 55.8 Å². The van der Waals surface area contributed by atoms with Crippen molar-refractivity contribution in [3.05, 3.63) is 34.9 Å². The molecule has 1 N–H and O–H groups in total. The number of halogens is 1. The van der Waals surface area contributed by atoms with Gasteiger partial charge in [0, 0.05) is 24.2 Å². The highest BCUT2D eigenvalue weighted by atomic mass is 35.5. The Morgan fingerprint density at radius 3 is 2.29 bits per heavy atom. The Labute approximate surface area is 190 Å². The predicted molar refractivity (Wildman–Crippen MR) is 121 cm³/mol. The number of benzene rings is 1. The average molecular weight is 470 g/mol. The van der Waals surface area contributed by atoms with E-state index >= 15 is 0 Å². The van der Waals surface area contributed by atoms with Gasteiger partial charge in [0.25, 0.3) is 0 Å². The van der Waals surface area contributed by atoms with Gasteiger partial charge in [-0.15, -0.1) is 0 Å². The van der Waals surface area contributed by atoms with Crippen molar-refractivity contribution in [2.24, 2.45) is 0 Å². The van der Waals surface area contributed by atoms with E-state index in [4.69, 9.17) is 11.6 Å². The van der Waals surface area contributed by atoms with E-state index < -0.39 is 15.6 Å². The lowest BCUT2D eigenvalue weighted by Gasteiger charge is -2.47. The van der Waals surface area contributed by atoms with Crippen LogP contribution in [-0.4, -0.2) is 60.4 Å². The van der Waals surface area contributed by atoms with Gasteiger partial charge in [-0.2, -0.15) is 4.31 Å². The van der Waals surface area contributed by atoms with Gasteiger partial charge in [-0.05, 0) is 37.5 Å². The molecule has 31 heavy (non-hydrogen) atoms. The van der Waals surface area contributed by atoms with E-state index in [2.05, 4.69) is 5.32 Å². The lowest BCUT2D eigenvalue weighted by molar-refractivity contribution is -0.154. The van der Waals surface area contributed by atoms with Gasteiger partial charge in [-0.3, -0.25) is 9.59 Å². The Kier molecular flexibility index (Phi) is 7.65. The number of hydrogen-bond donors (Lipinski definition) is 1. The third kappa shape index (κ3) is 5.99. The summed E-state index contributed by atoms with van der Waals surface area (Å²) in [4.78, 5) is 28.1. The molecule has 1 saturated heterocycles. The summed E-state index contributed by atoms with van der Waals surface area (Å²) in [5.41, 5.74) is -0.476. The summed E-state index contributed by atoms with van der Waals surface area (Å²) in [6, 6.07) is 7.14. The molecule has 1 heterocycles. The normalized spacial score (nSPS) is 24.5. The fourth-order valence-corrected chi connectivity index (χ4v) is 5.36. The number of rotatable bonds is 5. The number of carbonyl (C=O) groups excluding carboxylic acids is 2. The lowest BCUT2D eigenvalue weighted by atomic mass is 9.92. The highest BCUT2D eigenvalue weighted by Crippen LogP contribution is 2.28. The molecule has 0 radical (unpaired) electrons. The highest BCUT2D eigenvalue weighted by Gasteiger charge is 2.49. The van der Waals surface area contributed by atoms with Gasteiger partial charge in [0.15, 0.2) is 0 Å². The zero-order valence-electron chi connectivity index (χ0n) is 18.3. The molecule has 0 aromatic heterocycles. The number of sulfonamides is 1. The molecule has 1 saturated carbocycles. The van der Waals surface area contributed by atoms with Crippen LogP contribution in [0.1, 0.15) is 57.4 Å². The van der Waals surface area contributed by atoms with Crippen molar-refractivity contribution >= 4 is 33.4 Å².